The largest absolute Gasteiger partial charge is 0.422 e. The van der Waals surface area contributed by atoms with E-state index in [0.29, 0.717) is 38.9 Å². The van der Waals surface area contributed by atoms with E-state index in [1.54, 1.807) is 43.3 Å². The summed E-state index contributed by atoms with van der Waals surface area (Å²) in [6.07, 6.45) is -2.13. The summed E-state index contributed by atoms with van der Waals surface area (Å²) in [5.41, 5.74) is -0.760. The van der Waals surface area contributed by atoms with Crippen LogP contribution >= 0.6 is 11.6 Å². The lowest BCUT2D eigenvalue weighted by Crippen LogP contribution is -2.22. The molecule has 1 N–H and O–H groups in total. The molecular formula is C28H18ClF4NO4. The molecule has 0 saturated heterocycles. The summed E-state index contributed by atoms with van der Waals surface area (Å²) in [4.78, 5) is 36.7. The SMILES string of the molecule is Cc1cc2c(-c3cccc(/C=C/C=O)c3)c(CC(=O)Nc3ccc(F)cc3C(F)(F)F)c(=O)oc2cc1Cl. The molecule has 3 aromatic carbocycles. The van der Waals surface area contributed by atoms with Gasteiger partial charge in [-0.05, 0) is 60.0 Å². The van der Waals surface area contributed by atoms with Gasteiger partial charge in [-0.2, -0.15) is 13.2 Å². The fraction of sp³-hybridized carbons (Fsp3) is 0.107. The Balaban J connectivity index is 1.86. The number of allylic oxidation sites excluding steroid dienone is 1. The van der Waals surface area contributed by atoms with Crippen LogP contribution in [0.4, 0.5) is 23.2 Å². The average Bonchev–Trinajstić information content (AvgIpc) is 2.85. The highest BCUT2D eigenvalue weighted by Gasteiger charge is 2.34. The highest BCUT2D eigenvalue weighted by atomic mass is 35.5. The quantitative estimate of drug-likeness (QED) is 0.123. The van der Waals surface area contributed by atoms with Gasteiger partial charge in [0.1, 0.15) is 17.7 Å². The number of halogens is 5. The van der Waals surface area contributed by atoms with Crippen LogP contribution in [0.15, 0.2) is 69.9 Å². The first kappa shape index (κ1) is 26.8. The fourth-order valence-electron chi connectivity index (χ4n) is 4.02. The number of nitrogens with one attached hydrogen (secondary N) is 1. The van der Waals surface area contributed by atoms with Crippen molar-refractivity contribution >= 4 is 46.5 Å². The molecular weight excluding hydrogens is 526 g/mol. The number of hydrogen-bond acceptors (Lipinski definition) is 4. The van der Waals surface area contributed by atoms with Crippen molar-refractivity contribution in [2.24, 2.45) is 0 Å². The van der Waals surface area contributed by atoms with E-state index < -0.39 is 41.2 Å². The monoisotopic (exact) mass is 543 g/mol. The van der Waals surface area contributed by atoms with Crippen molar-refractivity contribution in [3.05, 3.63) is 104 Å². The highest BCUT2D eigenvalue weighted by Crippen LogP contribution is 2.37. The zero-order valence-electron chi connectivity index (χ0n) is 19.7. The Labute approximate surface area is 218 Å². The third-order valence-corrected chi connectivity index (χ3v) is 6.13. The Kier molecular flexibility index (Phi) is 7.50. The van der Waals surface area contributed by atoms with E-state index in [2.05, 4.69) is 5.32 Å². The zero-order valence-corrected chi connectivity index (χ0v) is 20.4. The van der Waals surface area contributed by atoms with Crippen LogP contribution in [0, 0.1) is 12.7 Å². The molecule has 38 heavy (non-hydrogen) atoms. The molecule has 0 aliphatic rings. The molecule has 0 unspecified atom stereocenters. The number of hydrogen-bond donors (Lipinski definition) is 1. The molecule has 5 nitrogen and oxygen atoms in total. The lowest BCUT2D eigenvalue weighted by molar-refractivity contribution is -0.137. The molecule has 0 saturated carbocycles. The van der Waals surface area contributed by atoms with Crippen LogP contribution in [0.25, 0.3) is 28.2 Å². The minimum atomic E-state index is -4.93. The Hall–Kier alpha value is -4.24. The van der Waals surface area contributed by atoms with Crippen LogP contribution in [0.5, 0.6) is 0 Å². The Morgan fingerprint density at radius 1 is 1.11 bits per heavy atom. The predicted octanol–water partition coefficient (Wildman–Crippen LogP) is 6.97. The summed E-state index contributed by atoms with van der Waals surface area (Å²) in [6.45, 7) is 1.74. The van der Waals surface area contributed by atoms with Gasteiger partial charge in [0, 0.05) is 22.0 Å². The third-order valence-electron chi connectivity index (χ3n) is 5.72. The molecule has 0 spiro atoms. The number of alkyl halides is 3. The number of benzene rings is 3. The first-order valence-corrected chi connectivity index (χ1v) is 11.5. The number of amides is 1. The molecule has 0 aliphatic heterocycles. The van der Waals surface area contributed by atoms with Gasteiger partial charge in [0.05, 0.1) is 23.2 Å². The molecule has 1 aromatic heterocycles. The van der Waals surface area contributed by atoms with Crippen LogP contribution < -0.4 is 10.9 Å². The lowest BCUT2D eigenvalue weighted by Gasteiger charge is -2.16. The zero-order chi connectivity index (χ0) is 27.6. The summed E-state index contributed by atoms with van der Waals surface area (Å²) in [7, 11) is 0. The summed E-state index contributed by atoms with van der Waals surface area (Å²) in [5, 5.41) is 2.92. The number of aldehydes is 1. The summed E-state index contributed by atoms with van der Waals surface area (Å²) >= 11 is 6.21. The van der Waals surface area contributed by atoms with Crippen molar-refractivity contribution in [1.29, 1.82) is 0 Å². The van der Waals surface area contributed by atoms with Crippen LogP contribution in [0.3, 0.4) is 0 Å². The number of anilines is 1. The van der Waals surface area contributed by atoms with Crippen molar-refractivity contribution in [2.75, 3.05) is 5.32 Å². The molecule has 1 amide bonds. The number of carbonyl (C=O) groups is 2. The average molecular weight is 544 g/mol. The first-order valence-electron chi connectivity index (χ1n) is 11.1. The van der Waals surface area contributed by atoms with Crippen LogP contribution in [-0.4, -0.2) is 12.2 Å². The predicted molar refractivity (Wildman–Crippen MR) is 137 cm³/mol. The second-order valence-electron chi connectivity index (χ2n) is 8.37. The van der Waals surface area contributed by atoms with Gasteiger partial charge < -0.3 is 9.73 Å². The Morgan fingerprint density at radius 3 is 2.58 bits per heavy atom. The van der Waals surface area contributed by atoms with Crippen molar-refractivity contribution in [2.45, 2.75) is 19.5 Å². The van der Waals surface area contributed by atoms with Gasteiger partial charge in [-0.3, -0.25) is 9.59 Å². The van der Waals surface area contributed by atoms with Gasteiger partial charge in [0.25, 0.3) is 0 Å². The maximum atomic E-state index is 13.5. The second-order valence-corrected chi connectivity index (χ2v) is 8.78. The smallest absolute Gasteiger partial charge is 0.418 e. The molecule has 0 radical (unpaired) electrons. The Bertz CT molecular complexity index is 1660. The maximum Gasteiger partial charge on any atom is 0.418 e. The second kappa shape index (κ2) is 10.6. The maximum absolute atomic E-state index is 13.5. The van der Waals surface area contributed by atoms with Gasteiger partial charge >= 0.3 is 11.8 Å². The van der Waals surface area contributed by atoms with Crippen molar-refractivity contribution < 1.29 is 31.6 Å². The van der Waals surface area contributed by atoms with E-state index in [1.807, 2.05) is 0 Å². The van der Waals surface area contributed by atoms with Gasteiger partial charge in [0.15, 0.2) is 0 Å². The highest BCUT2D eigenvalue weighted by molar-refractivity contribution is 6.32. The van der Waals surface area contributed by atoms with E-state index in [9.17, 15) is 31.9 Å². The molecule has 4 rings (SSSR count). The van der Waals surface area contributed by atoms with Crippen LogP contribution in [-0.2, 0) is 22.2 Å². The van der Waals surface area contributed by atoms with E-state index in [0.717, 1.165) is 12.1 Å². The topological polar surface area (TPSA) is 76.4 Å². The van der Waals surface area contributed by atoms with Crippen molar-refractivity contribution in [1.82, 2.24) is 0 Å². The molecule has 0 fully saturated rings. The van der Waals surface area contributed by atoms with Crippen molar-refractivity contribution in [3.8, 4) is 11.1 Å². The number of fused-ring (bicyclic) bond motifs is 1. The third kappa shape index (κ3) is 5.68. The van der Waals surface area contributed by atoms with Gasteiger partial charge in [-0.25, -0.2) is 9.18 Å². The molecule has 0 bridgehead atoms. The van der Waals surface area contributed by atoms with Crippen LogP contribution in [0.1, 0.15) is 22.3 Å². The minimum Gasteiger partial charge on any atom is -0.422 e. The first-order chi connectivity index (χ1) is 18.0. The molecule has 1 heterocycles. The standard InChI is InChI=1S/C28H18ClF4NO4/c1-15-10-19-24(14-22(15)29)38-27(37)20(26(19)17-6-2-4-16(11-17)5-3-9-35)13-25(36)34-23-8-7-18(30)12-21(23)28(31,32)33/h2-12,14H,13H2,1H3,(H,34,36)/b5-3+. The molecule has 10 heteroatoms. The number of carbonyl (C=O) groups excluding carboxylic acids is 2. The summed E-state index contributed by atoms with van der Waals surface area (Å²) < 4.78 is 59.1. The van der Waals surface area contributed by atoms with Gasteiger partial charge in [-0.15, -0.1) is 0 Å². The van der Waals surface area contributed by atoms with Gasteiger partial charge in [0.2, 0.25) is 5.91 Å². The van der Waals surface area contributed by atoms with E-state index in [-0.39, 0.29) is 17.2 Å². The normalized spacial score (nSPS) is 11.7. The minimum absolute atomic E-state index is 0.107. The van der Waals surface area contributed by atoms with Gasteiger partial charge in [-0.1, -0.05) is 35.9 Å². The van der Waals surface area contributed by atoms with E-state index >= 15 is 0 Å². The molecule has 194 valence electrons. The summed E-state index contributed by atoms with van der Waals surface area (Å²) in [6, 6.07) is 11.8. The molecule has 0 atom stereocenters. The Morgan fingerprint density at radius 2 is 1.87 bits per heavy atom. The fourth-order valence-corrected chi connectivity index (χ4v) is 4.18. The van der Waals surface area contributed by atoms with Crippen LogP contribution in [0.2, 0.25) is 5.02 Å². The molecule has 0 aliphatic carbocycles. The number of aryl methyl sites for hydroxylation is 1. The summed E-state index contributed by atoms with van der Waals surface area (Å²) in [5.74, 6) is -2.07. The van der Waals surface area contributed by atoms with Crippen molar-refractivity contribution in [3.63, 3.8) is 0 Å². The van der Waals surface area contributed by atoms with E-state index in [4.69, 9.17) is 16.0 Å². The lowest BCUT2D eigenvalue weighted by atomic mass is 9.93. The number of rotatable bonds is 6. The molecule has 4 aromatic rings. The van der Waals surface area contributed by atoms with E-state index in [1.165, 1.54) is 12.1 Å².